The summed E-state index contributed by atoms with van der Waals surface area (Å²) in [4.78, 5) is 5.29. The second-order valence-electron chi connectivity index (χ2n) is 3.71. The first-order chi connectivity index (χ1) is 7.61. The number of aromatic nitrogens is 1. The summed E-state index contributed by atoms with van der Waals surface area (Å²) in [6.07, 6.45) is 0. The zero-order chi connectivity index (χ0) is 11.7. The van der Waals surface area contributed by atoms with Gasteiger partial charge in [-0.3, -0.25) is 0 Å². The largest absolute Gasteiger partial charge is 0.391 e. The number of hydrogen-bond donors (Lipinski definition) is 1. The van der Waals surface area contributed by atoms with E-state index in [1.54, 1.807) is 0 Å². The van der Waals surface area contributed by atoms with Crippen molar-refractivity contribution in [3.63, 3.8) is 0 Å². The van der Waals surface area contributed by atoms with Gasteiger partial charge in [0.2, 0.25) is 0 Å². The molecule has 1 N–H and O–H groups in total. The highest BCUT2D eigenvalue weighted by atomic mass is 79.9. The number of aryl methyl sites for hydroxylation is 2. The minimum absolute atomic E-state index is 0.0309. The summed E-state index contributed by atoms with van der Waals surface area (Å²) in [5, 5.41) is 10.1. The summed E-state index contributed by atoms with van der Waals surface area (Å²) < 4.78 is 0.745. The van der Waals surface area contributed by atoms with Crippen LogP contribution in [-0.4, -0.2) is 10.1 Å². The number of hydrogen-bond acceptors (Lipinski definition) is 3. The molecule has 0 spiro atoms. The SMILES string of the molecule is Cc1ccc(-c2nc(Br)c(CO)s2)c(C)c1. The van der Waals surface area contributed by atoms with Crippen LogP contribution in [0.25, 0.3) is 10.6 Å². The van der Waals surface area contributed by atoms with E-state index in [1.165, 1.54) is 22.5 Å². The van der Waals surface area contributed by atoms with Crippen molar-refractivity contribution < 1.29 is 5.11 Å². The molecule has 4 heteroatoms. The quantitative estimate of drug-likeness (QED) is 0.917. The average molecular weight is 298 g/mol. The first-order valence-electron chi connectivity index (χ1n) is 4.95. The average Bonchev–Trinajstić information content (AvgIpc) is 2.59. The van der Waals surface area contributed by atoms with Crippen LogP contribution in [0.5, 0.6) is 0 Å². The zero-order valence-electron chi connectivity index (χ0n) is 9.12. The highest BCUT2D eigenvalue weighted by Crippen LogP contribution is 2.33. The summed E-state index contributed by atoms with van der Waals surface area (Å²) in [6.45, 7) is 4.19. The predicted molar refractivity (Wildman–Crippen MR) is 70.6 cm³/mol. The van der Waals surface area contributed by atoms with E-state index < -0.39 is 0 Å². The second kappa shape index (κ2) is 4.65. The molecule has 0 bridgehead atoms. The lowest BCUT2D eigenvalue weighted by atomic mass is 10.1. The summed E-state index contributed by atoms with van der Waals surface area (Å²) in [7, 11) is 0. The third-order valence-electron chi connectivity index (χ3n) is 2.41. The molecule has 0 radical (unpaired) electrons. The van der Waals surface area contributed by atoms with Gasteiger partial charge in [-0.25, -0.2) is 4.98 Å². The fraction of sp³-hybridized carbons (Fsp3) is 0.250. The number of nitrogens with zero attached hydrogens (tertiary/aromatic N) is 1. The van der Waals surface area contributed by atoms with Gasteiger partial charge in [-0.1, -0.05) is 23.8 Å². The van der Waals surface area contributed by atoms with Crippen molar-refractivity contribution in [1.82, 2.24) is 4.98 Å². The monoisotopic (exact) mass is 297 g/mol. The van der Waals surface area contributed by atoms with E-state index in [1.807, 2.05) is 0 Å². The fourth-order valence-electron chi connectivity index (χ4n) is 1.60. The van der Waals surface area contributed by atoms with Gasteiger partial charge >= 0.3 is 0 Å². The Labute approximate surface area is 107 Å². The molecule has 1 aromatic heterocycles. The molecule has 0 unspecified atom stereocenters. The maximum atomic E-state index is 9.13. The molecular formula is C12H12BrNOS. The Bertz CT molecular complexity index is 522. The predicted octanol–water partition coefficient (Wildman–Crippen LogP) is 3.68. The van der Waals surface area contributed by atoms with Gasteiger partial charge in [0, 0.05) is 5.56 Å². The molecule has 84 valence electrons. The van der Waals surface area contributed by atoms with Gasteiger partial charge in [-0.2, -0.15) is 0 Å². The topological polar surface area (TPSA) is 33.1 Å². The van der Waals surface area contributed by atoms with Crippen LogP contribution in [0, 0.1) is 13.8 Å². The number of halogens is 1. The fourth-order valence-corrected chi connectivity index (χ4v) is 3.17. The Balaban J connectivity index is 2.50. The molecule has 16 heavy (non-hydrogen) atoms. The van der Waals surface area contributed by atoms with Crippen LogP contribution < -0.4 is 0 Å². The molecule has 2 aromatic rings. The lowest BCUT2D eigenvalue weighted by molar-refractivity contribution is 0.284. The van der Waals surface area contributed by atoms with Crippen molar-refractivity contribution in [1.29, 1.82) is 0 Å². The van der Waals surface area contributed by atoms with Gasteiger partial charge in [0.1, 0.15) is 9.61 Å². The van der Waals surface area contributed by atoms with Gasteiger partial charge in [0.05, 0.1) is 11.5 Å². The van der Waals surface area contributed by atoms with Crippen molar-refractivity contribution in [3.8, 4) is 10.6 Å². The number of thiazole rings is 1. The van der Waals surface area contributed by atoms with Crippen molar-refractivity contribution in [2.24, 2.45) is 0 Å². The molecule has 0 saturated carbocycles. The maximum Gasteiger partial charge on any atom is 0.125 e. The molecule has 1 heterocycles. The molecule has 1 aromatic carbocycles. The molecule has 0 aliphatic heterocycles. The van der Waals surface area contributed by atoms with Crippen molar-refractivity contribution in [2.75, 3.05) is 0 Å². The van der Waals surface area contributed by atoms with E-state index >= 15 is 0 Å². The Morgan fingerprint density at radius 2 is 2.12 bits per heavy atom. The minimum Gasteiger partial charge on any atom is -0.391 e. The first kappa shape index (κ1) is 11.8. The molecule has 2 nitrogen and oxygen atoms in total. The smallest absolute Gasteiger partial charge is 0.125 e. The second-order valence-corrected chi connectivity index (χ2v) is 5.54. The van der Waals surface area contributed by atoms with Crippen LogP contribution in [-0.2, 0) is 6.61 Å². The van der Waals surface area contributed by atoms with Crippen LogP contribution in [0.2, 0.25) is 0 Å². The molecule has 0 fully saturated rings. The third-order valence-corrected chi connectivity index (χ3v) is 4.40. The maximum absolute atomic E-state index is 9.13. The third kappa shape index (κ3) is 2.19. The summed E-state index contributed by atoms with van der Waals surface area (Å²) in [6, 6.07) is 6.30. The Hall–Kier alpha value is -0.710. The van der Waals surface area contributed by atoms with E-state index in [4.69, 9.17) is 5.11 Å². The Morgan fingerprint density at radius 1 is 1.38 bits per heavy atom. The zero-order valence-corrected chi connectivity index (χ0v) is 11.5. The van der Waals surface area contributed by atoms with Crippen LogP contribution in [0.3, 0.4) is 0 Å². The Morgan fingerprint density at radius 3 is 2.69 bits per heavy atom. The van der Waals surface area contributed by atoms with Crippen LogP contribution in [0.4, 0.5) is 0 Å². The van der Waals surface area contributed by atoms with Crippen LogP contribution in [0.1, 0.15) is 16.0 Å². The lowest BCUT2D eigenvalue weighted by Crippen LogP contribution is -1.83. The van der Waals surface area contributed by atoms with Crippen molar-refractivity contribution >= 4 is 27.3 Å². The van der Waals surface area contributed by atoms with Crippen LogP contribution in [0.15, 0.2) is 22.8 Å². The molecule has 0 aliphatic carbocycles. The van der Waals surface area contributed by atoms with E-state index in [9.17, 15) is 0 Å². The standard InChI is InChI=1S/C12H12BrNOS/c1-7-3-4-9(8(2)5-7)12-14-11(13)10(6-15)16-12/h3-5,15H,6H2,1-2H3. The number of rotatable bonds is 2. The number of aliphatic hydroxyl groups excluding tert-OH is 1. The van der Waals surface area contributed by atoms with Crippen LogP contribution >= 0.6 is 27.3 Å². The highest BCUT2D eigenvalue weighted by molar-refractivity contribution is 9.10. The van der Waals surface area contributed by atoms with Crippen molar-refractivity contribution in [2.45, 2.75) is 20.5 Å². The molecule has 0 amide bonds. The molecule has 0 aliphatic rings. The summed E-state index contributed by atoms with van der Waals surface area (Å²) >= 11 is 4.88. The molecule has 0 saturated heterocycles. The first-order valence-corrected chi connectivity index (χ1v) is 6.56. The van der Waals surface area contributed by atoms with E-state index in [0.717, 1.165) is 20.1 Å². The Kier molecular flexibility index (Phi) is 3.42. The molecule has 0 atom stereocenters. The lowest BCUT2D eigenvalue weighted by Gasteiger charge is -2.02. The summed E-state index contributed by atoms with van der Waals surface area (Å²) in [5.41, 5.74) is 3.60. The van der Waals surface area contributed by atoms with E-state index in [2.05, 4.69) is 53.0 Å². The van der Waals surface area contributed by atoms with Gasteiger partial charge in [0.15, 0.2) is 0 Å². The minimum atomic E-state index is 0.0309. The van der Waals surface area contributed by atoms with E-state index in [0.29, 0.717) is 0 Å². The van der Waals surface area contributed by atoms with Gasteiger partial charge < -0.3 is 5.11 Å². The van der Waals surface area contributed by atoms with Gasteiger partial charge in [0.25, 0.3) is 0 Å². The van der Waals surface area contributed by atoms with E-state index in [-0.39, 0.29) is 6.61 Å². The van der Waals surface area contributed by atoms with Gasteiger partial charge in [-0.05, 0) is 35.3 Å². The highest BCUT2D eigenvalue weighted by Gasteiger charge is 2.11. The number of benzene rings is 1. The number of aliphatic hydroxyl groups is 1. The van der Waals surface area contributed by atoms with Crippen molar-refractivity contribution in [3.05, 3.63) is 38.8 Å². The molecular weight excluding hydrogens is 286 g/mol. The summed E-state index contributed by atoms with van der Waals surface area (Å²) in [5.74, 6) is 0. The van der Waals surface area contributed by atoms with Gasteiger partial charge in [-0.15, -0.1) is 11.3 Å². The molecule has 2 rings (SSSR count). The normalized spacial score (nSPS) is 10.8.